The van der Waals surface area contributed by atoms with Gasteiger partial charge in [-0.1, -0.05) is 0 Å². The molecule has 0 radical (unpaired) electrons. The van der Waals surface area contributed by atoms with Crippen LogP contribution >= 0.6 is 0 Å². The molecule has 110 valence electrons. The maximum Gasteiger partial charge on any atom is 0.163 e. The highest BCUT2D eigenvalue weighted by Gasteiger charge is 2.23. The van der Waals surface area contributed by atoms with E-state index in [1.807, 2.05) is 14.1 Å². The predicted molar refractivity (Wildman–Crippen MR) is 74.6 cm³/mol. The summed E-state index contributed by atoms with van der Waals surface area (Å²) in [5.74, 6) is 0.581. The summed E-state index contributed by atoms with van der Waals surface area (Å²) >= 11 is 0. The van der Waals surface area contributed by atoms with Crippen molar-refractivity contribution < 1.29 is 9.84 Å². The minimum absolute atomic E-state index is 0.581. The van der Waals surface area contributed by atoms with Crippen molar-refractivity contribution in [1.82, 2.24) is 24.5 Å². The molecule has 1 atom stereocenters. The van der Waals surface area contributed by atoms with Gasteiger partial charge in [0.1, 0.15) is 11.8 Å². The molecule has 0 aliphatic carbocycles. The van der Waals surface area contributed by atoms with E-state index in [4.69, 9.17) is 4.74 Å². The van der Waals surface area contributed by atoms with Crippen molar-refractivity contribution in [2.75, 3.05) is 27.7 Å². The molecule has 7 nitrogen and oxygen atoms in total. The van der Waals surface area contributed by atoms with Gasteiger partial charge in [0.05, 0.1) is 25.5 Å². The number of aromatic nitrogens is 4. The van der Waals surface area contributed by atoms with E-state index in [2.05, 4.69) is 15.1 Å². The molecular formula is C13H21N5O2. The van der Waals surface area contributed by atoms with Gasteiger partial charge >= 0.3 is 0 Å². The van der Waals surface area contributed by atoms with Crippen LogP contribution in [0.4, 0.5) is 0 Å². The van der Waals surface area contributed by atoms with Crippen LogP contribution < -0.4 is 4.74 Å². The summed E-state index contributed by atoms with van der Waals surface area (Å²) in [4.78, 5) is 2.06. The number of likely N-dealkylation sites (N-methyl/N-ethyl adjacent to an activating group) is 1. The third-order valence-corrected chi connectivity index (χ3v) is 3.22. The van der Waals surface area contributed by atoms with Gasteiger partial charge in [0, 0.05) is 19.8 Å². The van der Waals surface area contributed by atoms with Crippen molar-refractivity contribution in [3.8, 4) is 5.75 Å². The zero-order chi connectivity index (χ0) is 14.7. The lowest BCUT2D eigenvalue weighted by Gasteiger charge is -2.16. The molecule has 2 rings (SSSR count). The van der Waals surface area contributed by atoms with Crippen LogP contribution in [0.1, 0.15) is 17.5 Å². The third kappa shape index (κ3) is 2.83. The topological polar surface area (TPSA) is 68.3 Å². The van der Waals surface area contributed by atoms with E-state index < -0.39 is 6.10 Å². The van der Waals surface area contributed by atoms with Crippen molar-refractivity contribution in [3.05, 3.63) is 29.8 Å². The Morgan fingerprint density at radius 3 is 2.70 bits per heavy atom. The Morgan fingerprint density at radius 2 is 2.15 bits per heavy atom. The lowest BCUT2D eigenvalue weighted by Crippen LogP contribution is -2.22. The monoisotopic (exact) mass is 279 g/mol. The molecule has 0 bridgehead atoms. The highest BCUT2D eigenvalue weighted by Crippen LogP contribution is 2.29. The summed E-state index contributed by atoms with van der Waals surface area (Å²) in [5, 5.41) is 19.0. The van der Waals surface area contributed by atoms with Crippen LogP contribution in [0.5, 0.6) is 5.75 Å². The number of rotatable bonds is 6. The maximum absolute atomic E-state index is 10.6. The number of nitrogens with zero attached hydrogens (tertiary/aromatic N) is 5. The van der Waals surface area contributed by atoms with Crippen LogP contribution in [-0.4, -0.2) is 57.3 Å². The molecule has 2 heterocycles. The predicted octanol–water partition coefficient (Wildman–Crippen LogP) is 0.268. The standard InChI is InChI=1S/C13H21N5O2/c1-16(2)7-8-18-12(11(20-4)9-15-18)13(19)10-5-6-14-17(10)3/h5-6,9,13,19H,7-8H2,1-4H3. The summed E-state index contributed by atoms with van der Waals surface area (Å²) in [5.41, 5.74) is 1.35. The van der Waals surface area contributed by atoms with Gasteiger partial charge in [-0.15, -0.1) is 0 Å². The first kappa shape index (κ1) is 14.5. The first-order valence-corrected chi connectivity index (χ1v) is 6.45. The van der Waals surface area contributed by atoms with E-state index in [1.165, 1.54) is 0 Å². The summed E-state index contributed by atoms with van der Waals surface area (Å²) in [6.07, 6.45) is 2.47. The third-order valence-electron chi connectivity index (χ3n) is 3.22. The number of aryl methyl sites for hydroxylation is 1. The second-order valence-electron chi connectivity index (χ2n) is 4.91. The molecule has 1 N–H and O–H groups in total. The zero-order valence-electron chi connectivity index (χ0n) is 12.3. The van der Waals surface area contributed by atoms with Crippen molar-refractivity contribution in [2.45, 2.75) is 12.6 Å². The van der Waals surface area contributed by atoms with E-state index >= 15 is 0 Å². The fraction of sp³-hybridized carbons (Fsp3) is 0.538. The van der Waals surface area contributed by atoms with Gasteiger partial charge in [-0.3, -0.25) is 9.36 Å². The minimum Gasteiger partial charge on any atom is -0.493 e. The molecule has 7 heteroatoms. The van der Waals surface area contributed by atoms with Gasteiger partial charge < -0.3 is 14.7 Å². The quantitative estimate of drug-likeness (QED) is 0.822. The lowest BCUT2D eigenvalue weighted by molar-refractivity contribution is 0.191. The molecule has 0 fully saturated rings. The number of hydrogen-bond acceptors (Lipinski definition) is 5. The first-order valence-electron chi connectivity index (χ1n) is 6.45. The van der Waals surface area contributed by atoms with E-state index in [9.17, 15) is 5.11 Å². The van der Waals surface area contributed by atoms with Gasteiger partial charge in [-0.25, -0.2) is 0 Å². The summed E-state index contributed by atoms with van der Waals surface area (Å²) in [7, 11) is 7.37. The highest BCUT2D eigenvalue weighted by molar-refractivity contribution is 5.32. The van der Waals surface area contributed by atoms with Crippen molar-refractivity contribution in [1.29, 1.82) is 0 Å². The van der Waals surface area contributed by atoms with Gasteiger partial charge in [0.15, 0.2) is 5.75 Å². The smallest absolute Gasteiger partial charge is 0.163 e. The Balaban J connectivity index is 2.33. The van der Waals surface area contributed by atoms with E-state index in [1.54, 1.807) is 42.0 Å². The fourth-order valence-electron chi connectivity index (χ4n) is 2.08. The average Bonchev–Trinajstić information content (AvgIpc) is 3.01. The Labute approximate surface area is 118 Å². The summed E-state index contributed by atoms with van der Waals surface area (Å²) in [6, 6.07) is 1.79. The molecule has 0 aliphatic heterocycles. The van der Waals surface area contributed by atoms with E-state index in [0.29, 0.717) is 23.7 Å². The van der Waals surface area contributed by atoms with E-state index in [-0.39, 0.29) is 0 Å². The van der Waals surface area contributed by atoms with Crippen molar-refractivity contribution in [3.63, 3.8) is 0 Å². The first-order chi connectivity index (χ1) is 9.54. The molecule has 0 aromatic carbocycles. The second-order valence-corrected chi connectivity index (χ2v) is 4.91. The Morgan fingerprint density at radius 1 is 1.40 bits per heavy atom. The number of ether oxygens (including phenoxy) is 1. The normalized spacial score (nSPS) is 12.9. The van der Waals surface area contributed by atoms with Crippen LogP contribution in [0, 0.1) is 0 Å². The van der Waals surface area contributed by atoms with Crippen LogP contribution in [0.2, 0.25) is 0 Å². The largest absolute Gasteiger partial charge is 0.493 e. The van der Waals surface area contributed by atoms with E-state index in [0.717, 1.165) is 6.54 Å². The summed E-state index contributed by atoms with van der Waals surface area (Å²) < 4.78 is 8.73. The zero-order valence-corrected chi connectivity index (χ0v) is 12.3. The number of aliphatic hydroxyl groups is 1. The fourth-order valence-corrected chi connectivity index (χ4v) is 2.08. The molecule has 1 unspecified atom stereocenters. The molecule has 0 saturated carbocycles. The molecule has 0 saturated heterocycles. The number of methoxy groups -OCH3 is 1. The Hall–Kier alpha value is -1.86. The van der Waals surface area contributed by atoms with Gasteiger partial charge in [0.2, 0.25) is 0 Å². The Bertz CT molecular complexity index is 561. The molecular weight excluding hydrogens is 258 g/mol. The van der Waals surface area contributed by atoms with Crippen LogP contribution in [0.15, 0.2) is 18.5 Å². The average molecular weight is 279 g/mol. The molecule has 0 aliphatic rings. The summed E-state index contributed by atoms with van der Waals surface area (Å²) in [6.45, 7) is 1.51. The number of aliphatic hydroxyl groups excluding tert-OH is 1. The maximum atomic E-state index is 10.6. The Kier molecular flexibility index (Phi) is 4.41. The number of hydrogen-bond donors (Lipinski definition) is 1. The molecule has 2 aromatic rings. The molecule has 0 spiro atoms. The lowest BCUT2D eigenvalue weighted by atomic mass is 10.1. The molecule has 20 heavy (non-hydrogen) atoms. The SMILES string of the molecule is COc1cnn(CCN(C)C)c1C(O)c1ccnn1C. The second kappa shape index (κ2) is 6.06. The van der Waals surface area contributed by atoms with Crippen molar-refractivity contribution in [2.24, 2.45) is 7.05 Å². The van der Waals surface area contributed by atoms with Crippen LogP contribution in [-0.2, 0) is 13.6 Å². The van der Waals surface area contributed by atoms with Gasteiger partial charge in [-0.05, 0) is 20.2 Å². The molecule has 0 amide bonds. The molecule has 2 aromatic heterocycles. The minimum atomic E-state index is -0.817. The van der Waals surface area contributed by atoms with Crippen molar-refractivity contribution >= 4 is 0 Å². The van der Waals surface area contributed by atoms with Crippen LogP contribution in [0.3, 0.4) is 0 Å². The van der Waals surface area contributed by atoms with Crippen LogP contribution in [0.25, 0.3) is 0 Å². The van der Waals surface area contributed by atoms with Gasteiger partial charge in [-0.2, -0.15) is 10.2 Å². The highest BCUT2D eigenvalue weighted by atomic mass is 16.5. The van der Waals surface area contributed by atoms with Gasteiger partial charge in [0.25, 0.3) is 0 Å².